The van der Waals surface area contributed by atoms with Gasteiger partial charge >= 0.3 is 17.9 Å². The summed E-state index contributed by atoms with van der Waals surface area (Å²) < 4.78 is 4.08. The van der Waals surface area contributed by atoms with Gasteiger partial charge in [0.15, 0.2) is 0 Å². The molecule has 0 amide bonds. The highest BCUT2D eigenvalue weighted by atomic mass is 16.6. The fraction of sp³-hybridized carbons (Fsp3) is 0.500. The lowest BCUT2D eigenvalue weighted by atomic mass is 10.3. The molecule has 0 aliphatic carbocycles. The van der Waals surface area contributed by atoms with Gasteiger partial charge < -0.3 is 15.6 Å². The summed E-state index contributed by atoms with van der Waals surface area (Å²) in [5, 5.41) is 8.14. The normalized spacial score (nSPS) is 9.08. The maximum Gasteiger partial charge on any atom is 0.327 e. The summed E-state index contributed by atoms with van der Waals surface area (Å²) in [5.41, 5.74) is 4.83. The van der Waals surface area contributed by atoms with E-state index in [2.05, 4.69) is 4.74 Å². The van der Waals surface area contributed by atoms with E-state index < -0.39 is 24.5 Å². The molecule has 0 aromatic carbocycles. The Bertz CT molecular complexity index is 200. The fourth-order valence-corrected chi connectivity index (χ4v) is 0.429. The van der Waals surface area contributed by atoms with E-state index in [0.29, 0.717) is 0 Å². The second kappa shape index (κ2) is 5.25. The molecule has 6 nitrogen and oxygen atoms in total. The van der Waals surface area contributed by atoms with Crippen LogP contribution in [0.1, 0.15) is 12.8 Å². The largest absolute Gasteiger partial charge is 0.481 e. The van der Waals surface area contributed by atoms with E-state index in [1.807, 2.05) is 0 Å². The monoisotopic (exact) mass is 175 g/mol. The topological polar surface area (TPSA) is 107 Å². The summed E-state index contributed by atoms with van der Waals surface area (Å²) in [5.74, 6) is -2.84. The zero-order valence-electron chi connectivity index (χ0n) is 6.28. The summed E-state index contributed by atoms with van der Waals surface area (Å²) in [7, 11) is 0. The van der Waals surface area contributed by atoms with E-state index in [4.69, 9.17) is 10.8 Å². The highest BCUT2D eigenvalue weighted by molar-refractivity contribution is 5.87. The van der Waals surface area contributed by atoms with Crippen LogP contribution in [0.2, 0.25) is 0 Å². The maximum absolute atomic E-state index is 10.6. The third-order valence-corrected chi connectivity index (χ3v) is 0.937. The molecule has 0 saturated heterocycles. The van der Waals surface area contributed by atoms with Crippen molar-refractivity contribution in [3.05, 3.63) is 0 Å². The zero-order chi connectivity index (χ0) is 9.56. The molecule has 0 rings (SSSR count). The van der Waals surface area contributed by atoms with Crippen molar-refractivity contribution < 1.29 is 24.2 Å². The van der Waals surface area contributed by atoms with Gasteiger partial charge in [0.25, 0.3) is 0 Å². The van der Waals surface area contributed by atoms with Crippen molar-refractivity contribution in [2.24, 2.45) is 5.73 Å². The predicted molar refractivity (Wildman–Crippen MR) is 37.0 cm³/mol. The van der Waals surface area contributed by atoms with Crippen LogP contribution >= 0.6 is 0 Å². The molecule has 0 atom stereocenters. The molecule has 0 saturated carbocycles. The minimum atomic E-state index is -1.12. The molecule has 0 aromatic heterocycles. The van der Waals surface area contributed by atoms with Gasteiger partial charge in [-0.05, 0) is 0 Å². The van der Waals surface area contributed by atoms with Gasteiger partial charge in [-0.3, -0.25) is 14.4 Å². The minimum absolute atomic E-state index is 0.318. The third kappa shape index (κ3) is 5.36. The molecule has 0 fully saturated rings. The number of hydrogen-bond donors (Lipinski definition) is 2. The molecule has 0 radical (unpaired) electrons. The van der Waals surface area contributed by atoms with Crippen LogP contribution in [0.5, 0.6) is 0 Å². The van der Waals surface area contributed by atoms with Gasteiger partial charge in [0.2, 0.25) is 0 Å². The molecule has 6 heteroatoms. The third-order valence-electron chi connectivity index (χ3n) is 0.937. The van der Waals surface area contributed by atoms with Gasteiger partial charge in [-0.25, -0.2) is 0 Å². The van der Waals surface area contributed by atoms with E-state index in [-0.39, 0.29) is 12.8 Å². The van der Waals surface area contributed by atoms with Gasteiger partial charge in [-0.2, -0.15) is 0 Å². The summed E-state index contributed by atoms with van der Waals surface area (Å²) in [6.07, 6.45) is -0.669. The molecular formula is C6H9NO5. The molecule has 0 aliphatic heterocycles. The van der Waals surface area contributed by atoms with E-state index in [9.17, 15) is 14.4 Å². The van der Waals surface area contributed by atoms with Crippen molar-refractivity contribution >= 4 is 17.9 Å². The molecule has 0 unspecified atom stereocenters. The van der Waals surface area contributed by atoms with Crippen LogP contribution in [0.4, 0.5) is 0 Å². The highest BCUT2D eigenvalue weighted by Crippen LogP contribution is 1.92. The Morgan fingerprint density at radius 3 is 2.17 bits per heavy atom. The SMILES string of the molecule is NCC(=O)OC(=O)CCC(=O)O. The van der Waals surface area contributed by atoms with E-state index in [0.717, 1.165) is 0 Å². The fourth-order valence-electron chi connectivity index (χ4n) is 0.429. The first-order valence-electron chi connectivity index (χ1n) is 3.21. The minimum Gasteiger partial charge on any atom is -0.481 e. The Labute approximate surface area is 68.3 Å². The number of hydrogen-bond acceptors (Lipinski definition) is 5. The van der Waals surface area contributed by atoms with Gasteiger partial charge in [0.05, 0.1) is 19.4 Å². The van der Waals surface area contributed by atoms with Crippen molar-refractivity contribution in [1.29, 1.82) is 0 Å². The van der Waals surface area contributed by atoms with Crippen LogP contribution in [0.15, 0.2) is 0 Å². The smallest absolute Gasteiger partial charge is 0.327 e. The van der Waals surface area contributed by atoms with Crippen LogP contribution in [0.3, 0.4) is 0 Å². The van der Waals surface area contributed by atoms with Crippen molar-refractivity contribution in [1.82, 2.24) is 0 Å². The molecule has 0 aliphatic rings. The number of carboxylic acid groups (broad SMARTS) is 1. The maximum atomic E-state index is 10.6. The van der Waals surface area contributed by atoms with Crippen molar-refractivity contribution in [2.45, 2.75) is 12.8 Å². The summed E-state index contributed by atoms with van der Waals surface area (Å²) >= 11 is 0. The number of nitrogens with two attached hydrogens (primary N) is 1. The van der Waals surface area contributed by atoms with Crippen LogP contribution < -0.4 is 5.73 Å². The number of carboxylic acids is 1. The number of esters is 2. The molecule has 0 aromatic rings. The number of ether oxygens (including phenoxy) is 1. The van der Waals surface area contributed by atoms with Gasteiger partial charge in [0, 0.05) is 0 Å². The van der Waals surface area contributed by atoms with Crippen LogP contribution in [0, 0.1) is 0 Å². The lowest BCUT2D eigenvalue weighted by Crippen LogP contribution is -2.20. The van der Waals surface area contributed by atoms with Crippen LogP contribution in [-0.4, -0.2) is 29.6 Å². The number of aliphatic carboxylic acids is 1. The lowest BCUT2D eigenvalue weighted by molar-refractivity contribution is -0.160. The van der Waals surface area contributed by atoms with E-state index in [1.165, 1.54) is 0 Å². The highest BCUT2D eigenvalue weighted by Gasteiger charge is 2.09. The summed E-state index contributed by atoms with van der Waals surface area (Å²) in [6.45, 7) is -0.390. The van der Waals surface area contributed by atoms with Crippen LogP contribution in [-0.2, 0) is 19.1 Å². The lowest BCUT2D eigenvalue weighted by Gasteiger charge is -1.98. The first kappa shape index (κ1) is 10.6. The van der Waals surface area contributed by atoms with Crippen molar-refractivity contribution in [3.8, 4) is 0 Å². The van der Waals surface area contributed by atoms with Gasteiger partial charge in [-0.15, -0.1) is 0 Å². The quantitative estimate of drug-likeness (QED) is 0.414. The molecule has 68 valence electrons. The standard InChI is InChI=1S/C6H9NO5/c7-3-6(11)12-5(10)2-1-4(8)9/h1-3,7H2,(H,8,9). The predicted octanol–water partition coefficient (Wildman–Crippen LogP) is -1.12. The zero-order valence-corrected chi connectivity index (χ0v) is 6.28. The van der Waals surface area contributed by atoms with Gasteiger partial charge in [0.1, 0.15) is 0 Å². The van der Waals surface area contributed by atoms with E-state index in [1.54, 1.807) is 0 Å². The molecule has 3 N–H and O–H groups in total. The Morgan fingerprint density at radius 2 is 1.75 bits per heavy atom. The molecule has 0 bridgehead atoms. The second-order valence-corrected chi connectivity index (χ2v) is 1.94. The van der Waals surface area contributed by atoms with E-state index >= 15 is 0 Å². The first-order valence-corrected chi connectivity index (χ1v) is 3.21. The van der Waals surface area contributed by atoms with Gasteiger partial charge in [-0.1, -0.05) is 0 Å². The number of carbonyl (C=O) groups is 3. The average molecular weight is 175 g/mol. The average Bonchev–Trinajstić information content (AvgIpc) is 2.00. The number of carbonyl (C=O) groups excluding carboxylic acids is 2. The Hall–Kier alpha value is -1.43. The second-order valence-electron chi connectivity index (χ2n) is 1.94. The Kier molecular flexibility index (Phi) is 4.62. The van der Waals surface area contributed by atoms with Crippen molar-refractivity contribution in [3.63, 3.8) is 0 Å². The Morgan fingerprint density at radius 1 is 1.17 bits per heavy atom. The molecule has 0 heterocycles. The summed E-state index contributed by atoms with van der Waals surface area (Å²) in [4.78, 5) is 30.8. The molecule has 12 heavy (non-hydrogen) atoms. The molecule has 0 spiro atoms. The Balaban J connectivity index is 3.60. The molecular weight excluding hydrogens is 166 g/mol. The number of rotatable bonds is 4. The summed E-state index contributed by atoms with van der Waals surface area (Å²) in [6, 6.07) is 0. The van der Waals surface area contributed by atoms with Crippen molar-refractivity contribution in [2.75, 3.05) is 6.54 Å². The van der Waals surface area contributed by atoms with Crippen LogP contribution in [0.25, 0.3) is 0 Å². The first-order chi connectivity index (χ1) is 5.56.